The summed E-state index contributed by atoms with van der Waals surface area (Å²) in [6.07, 6.45) is -12.5. The second-order valence-corrected chi connectivity index (χ2v) is 5.09. The summed E-state index contributed by atoms with van der Waals surface area (Å²) in [6.45, 7) is 6.00. The molecule has 0 nitrogen and oxygen atoms in total. The van der Waals surface area contributed by atoms with Crippen LogP contribution in [0.25, 0.3) is 0 Å². The summed E-state index contributed by atoms with van der Waals surface area (Å²) in [6, 6.07) is 0. The van der Waals surface area contributed by atoms with Gasteiger partial charge in [-0.3, -0.25) is 0 Å². The first kappa shape index (κ1) is 32.3. The van der Waals surface area contributed by atoms with E-state index in [2.05, 4.69) is 13.2 Å². The maximum atomic E-state index is 13.1. The predicted octanol–water partition coefficient (Wildman–Crippen LogP) is 7.88. The van der Waals surface area contributed by atoms with Gasteiger partial charge in [-0.1, -0.05) is 0 Å². The molecule has 0 fully saturated rings. The summed E-state index contributed by atoms with van der Waals surface area (Å²) in [4.78, 5) is 0. The molecule has 0 saturated carbocycles. The molecule has 0 rings (SSSR count). The molecule has 0 saturated heterocycles. The fourth-order valence-electron chi connectivity index (χ4n) is 1.42. The lowest BCUT2D eigenvalue weighted by Gasteiger charge is -2.42. The maximum absolute atomic E-state index is 13.1. The molecule has 32 heavy (non-hydrogen) atoms. The van der Waals surface area contributed by atoms with Crippen molar-refractivity contribution in [3.63, 3.8) is 0 Å². The van der Waals surface area contributed by atoms with Gasteiger partial charge in [0, 0.05) is 0 Å². The third kappa shape index (κ3) is 4.08. The van der Waals surface area contributed by atoms with Crippen LogP contribution in [0, 0.1) is 0 Å². The Morgan fingerprint density at radius 2 is 0.594 bits per heavy atom. The highest BCUT2D eigenvalue weighted by molar-refractivity contribution is 5.20. The van der Waals surface area contributed by atoms with E-state index < -0.39 is 59.5 Å². The van der Waals surface area contributed by atoms with Crippen molar-refractivity contribution in [1.29, 1.82) is 0 Å². The molecule has 0 heterocycles. The van der Waals surface area contributed by atoms with Gasteiger partial charge in [0.05, 0.1) is 0 Å². The van der Waals surface area contributed by atoms with Crippen molar-refractivity contribution in [3.8, 4) is 0 Å². The molecule has 0 spiro atoms. The van der Waals surface area contributed by atoms with Gasteiger partial charge in [0.15, 0.2) is 0 Å². The van der Waals surface area contributed by atoms with E-state index in [9.17, 15) is 87.8 Å². The SMILES string of the molecule is C=C.FC(F)=C(F)C(F)(F)C(F)(F)C(F)(F)C(F)(F)C(F)(F)C(F)(F)C(F)(F)C(F)(F)F. The first-order chi connectivity index (χ1) is 13.6. The van der Waals surface area contributed by atoms with Crippen LogP contribution in [0.15, 0.2) is 25.1 Å². The number of hydrogen-bond acceptors (Lipinski definition) is 0. The lowest BCUT2D eigenvalue weighted by atomic mass is 9.89. The summed E-state index contributed by atoms with van der Waals surface area (Å²) in [5.74, 6) is -65.1. The standard InChI is InChI=1S/C10F20.C2H4/c11-1(2(12)13)3(14,15)4(16,17)5(18,19)6(20,21)7(22,23)8(24,25)9(26,27)10(28,29)30;1-2/h;1-2H2. The van der Waals surface area contributed by atoms with Crippen molar-refractivity contribution in [2.75, 3.05) is 0 Å². The molecule has 0 atom stereocenters. The van der Waals surface area contributed by atoms with Gasteiger partial charge >= 0.3 is 53.7 Å². The molecule has 0 N–H and O–H groups in total. The van der Waals surface area contributed by atoms with Gasteiger partial charge in [-0.05, 0) is 0 Å². The van der Waals surface area contributed by atoms with Gasteiger partial charge in [0.2, 0.25) is 5.83 Å². The van der Waals surface area contributed by atoms with Crippen LogP contribution in [-0.2, 0) is 0 Å². The number of allylic oxidation sites excluding steroid dienone is 1. The topological polar surface area (TPSA) is 0 Å². The van der Waals surface area contributed by atoms with Crippen molar-refractivity contribution in [2.24, 2.45) is 0 Å². The molecular formula is C12H4F20. The highest BCUT2D eigenvalue weighted by Gasteiger charge is 2.95. The first-order valence-corrected chi connectivity index (χ1v) is 6.53. The van der Waals surface area contributed by atoms with E-state index in [0.717, 1.165) is 0 Å². The molecule has 0 aromatic rings. The zero-order chi connectivity index (χ0) is 27.2. The normalized spacial score (nSPS) is 15.1. The van der Waals surface area contributed by atoms with Crippen molar-refractivity contribution in [1.82, 2.24) is 0 Å². The third-order valence-corrected chi connectivity index (χ3v) is 3.16. The molecule has 192 valence electrons. The first-order valence-electron chi connectivity index (χ1n) is 6.53. The van der Waals surface area contributed by atoms with Crippen LogP contribution in [0.2, 0.25) is 0 Å². The van der Waals surface area contributed by atoms with Gasteiger partial charge in [0.1, 0.15) is 0 Å². The van der Waals surface area contributed by atoms with Crippen molar-refractivity contribution in [2.45, 2.75) is 47.6 Å². The van der Waals surface area contributed by atoms with E-state index in [0.29, 0.717) is 0 Å². The molecule has 0 aliphatic rings. The summed E-state index contributed by atoms with van der Waals surface area (Å²) in [5.41, 5.74) is 0. The number of alkyl halides is 17. The number of rotatable bonds is 7. The zero-order valence-electron chi connectivity index (χ0n) is 14.0. The number of halogens is 20. The minimum absolute atomic E-state index is 3.00. The molecule has 0 radical (unpaired) electrons. The Morgan fingerprint density at radius 1 is 0.375 bits per heavy atom. The van der Waals surface area contributed by atoms with Crippen molar-refractivity contribution in [3.05, 3.63) is 25.1 Å². The molecule has 0 aromatic heterocycles. The second kappa shape index (κ2) is 8.45. The molecule has 0 aromatic carbocycles. The van der Waals surface area contributed by atoms with Crippen LogP contribution >= 0.6 is 0 Å². The van der Waals surface area contributed by atoms with E-state index in [4.69, 9.17) is 0 Å². The van der Waals surface area contributed by atoms with Gasteiger partial charge in [0.25, 0.3) is 0 Å². The lowest BCUT2D eigenvalue weighted by Crippen LogP contribution is -2.74. The fourth-order valence-corrected chi connectivity index (χ4v) is 1.42. The molecule has 0 bridgehead atoms. The van der Waals surface area contributed by atoms with Crippen molar-refractivity contribution < 1.29 is 87.8 Å². The van der Waals surface area contributed by atoms with E-state index in [1.165, 1.54) is 0 Å². The molecule has 0 aliphatic carbocycles. The fraction of sp³-hybridized carbons (Fsp3) is 0.667. The van der Waals surface area contributed by atoms with Gasteiger partial charge in [-0.25, -0.2) is 0 Å². The Hall–Kier alpha value is -1.92. The summed E-state index contributed by atoms with van der Waals surface area (Å²) in [5, 5.41) is 0. The Kier molecular flexibility index (Phi) is 8.52. The van der Waals surface area contributed by atoms with Crippen LogP contribution in [0.4, 0.5) is 87.8 Å². The minimum Gasteiger partial charge on any atom is -0.199 e. The monoisotopic (exact) mass is 528 g/mol. The second-order valence-electron chi connectivity index (χ2n) is 5.09. The van der Waals surface area contributed by atoms with Crippen LogP contribution in [0.3, 0.4) is 0 Å². The van der Waals surface area contributed by atoms with E-state index in [1.54, 1.807) is 0 Å². The van der Waals surface area contributed by atoms with Crippen LogP contribution in [0.5, 0.6) is 0 Å². The predicted molar refractivity (Wildman–Crippen MR) is 62.3 cm³/mol. The molecule has 0 amide bonds. The van der Waals surface area contributed by atoms with E-state index in [1.807, 2.05) is 0 Å². The maximum Gasteiger partial charge on any atom is 0.460 e. The third-order valence-electron chi connectivity index (χ3n) is 3.16. The van der Waals surface area contributed by atoms with Crippen LogP contribution < -0.4 is 0 Å². The minimum atomic E-state index is -8.95. The Labute approximate surface area is 162 Å². The Morgan fingerprint density at radius 3 is 0.812 bits per heavy atom. The van der Waals surface area contributed by atoms with Crippen LogP contribution in [0.1, 0.15) is 0 Å². The summed E-state index contributed by atoms with van der Waals surface area (Å²) >= 11 is 0. The van der Waals surface area contributed by atoms with Gasteiger partial charge in [-0.2, -0.15) is 87.8 Å². The quantitative estimate of drug-likeness (QED) is 0.233. The zero-order valence-corrected chi connectivity index (χ0v) is 14.0. The lowest BCUT2D eigenvalue weighted by molar-refractivity contribution is -0.460. The summed E-state index contributed by atoms with van der Waals surface area (Å²) in [7, 11) is 0. The molecule has 0 aliphatic heterocycles. The van der Waals surface area contributed by atoms with E-state index in [-0.39, 0.29) is 0 Å². The number of hydrogen-bond donors (Lipinski definition) is 0. The molecule has 20 heteroatoms. The van der Waals surface area contributed by atoms with Gasteiger partial charge < -0.3 is 0 Å². The molecular weight excluding hydrogens is 524 g/mol. The van der Waals surface area contributed by atoms with Gasteiger partial charge in [-0.15, -0.1) is 13.2 Å². The highest BCUT2D eigenvalue weighted by Crippen LogP contribution is 2.64. The van der Waals surface area contributed by atoms with E-state index >= 15 is 0 Å². The Bertz CT molecular complexity index is 690. The molecule has 0 unspecified atom stereocenters. The Balaban J connectivity index is 0. The summed E-state index contributed by atoms with van der Waals surface area (Å²) < 4.78 is 251. The van der Waals surface area contributed by atoms with Crippen LogP contribution in [-0.4, -0.2) is 47.6 Å². The average molecular weight is 528 g/mol. The largest absolute Gasteiger partial charge is 0.460 e. The average Bonchev–Trinajstić information content (AvgIpc) is 2.60. The van der Waals surface area contributed by atoms with Crippen molar-refractivity contribution >= 4 is 0 Å². The smallest absolute Gasteiger partial charge is 0.199 e. The highest BCUT2D eigenvalue weighted by atomic mass is 19.4.